The highest BCUT2D eigenvalue weighted by atomic mass is 16.5. The lowest BCUT2D eigenvalue weighted by Gasteiger charge is -1.96. The van der Waals surface area contributed by atoms with Crippen LogP contribution in [0.25, 0.3) is 0 Å². The number of aliphatic imine (C=N–C) groups is 1. The average molecular weight is 152 g/mol. The van der Waals surface area contributed by atoms with Crippen LogP contribution in [0.5, 0.6) is 0 Å². The first-order chi connectivity index (χ1) is 5.33. The van der Waals surface area contributed by atoms with Crippen molar-refractivity contribution in [3.63, 3.8) is 0 Å². The Morgan fingerprint density at radius 2 is 2.73 bits per heavy atom. The van der Waals surface area contributed by atoms with Gasteiger partial charge in [-0.25, -0.2) is 9.79 Å². The molecule has 1 heterocycles. The Labute approximate surface area is 63.9 Å². The predicted octanol–water partition coefficient (Wildman–Crippen LogP) is 0.941. The number of nitrogens with zero attached hydrogens (tertiary/aromatic N) is 2. The van der Waals surface area contributed by atoms with Crippen molar-refractivity contribution < 1.29 is 9.32 Å². The van der Waals surface area contributed by atoms with Crippen LogP contribution in [-0.4, -0.2) is 17.3 Å². The van der Waals surface area contributed by atoms with Gasteiger partial charge < -0.3 is 4.52 Å². The molecule has 0 aromatic carbocycles. The maximum Gasteiger partial charge on any atom is 0.235 e. The molecule has 1 atom stereocenters. The lowest BCUT2D eigenvalue weighted by atomic mass is 10.2. The van der Waals surface area contributed by atoms with E-state index >= 15 is 0 Å². The van der Waals surface area contributed by atoms with Crippen molar-refractivity contribution in [3.8, 4) is 0 Å². The highest BCUT2D eigenvalue weighted by Crippen LogP contribution is 2.01. The summed E-state index contributed by atoms with van der Waals surface area (Å²) in [4.78, 5) is 13.3. The minimum atomic E-state index is -0.0717. The molecule has 4 heteroatoms. The molecule has 0 N–H and O–H groups in total. The van der Waals surface area contributed by atoms with E-state index in [2.05, 4.69) is 14.7 Å². The van der Waals surface area contributed by atoms with Crippen LogP contribution in [0.2, 0.25) is 0 Å². The Bertz CT molecular complexity index is 249. The van der Waals surface area contributed by atoms with Gasteiger partial charge in [-0.2, -0.15) is 0 Å². The summed E-state index contributed by atoms with van der Waals surface area (Å²) >= 11 is 0. The van der Waals surface area contributed by atoms with Crippen molar-refractivity contribution in [1.29, 1.82) is 0 Å². The van der Waals surface area contributed by atoms with Crippen LogP contribution in [0.4, 0.5) is 0 Å². The summed E-state index contributed by atoms with van der Waals surface area (Å²) in [6, 6.07) is 1.68. The summed E-state index contributed by atoms with van der Waals surface area (Å²) in [6.45, 7) is 1.82. The molecule has 1 unspecified atom stereocenters. The molecule has 0 amide bonds. The van der Waals surface area contributed by atoms with E-state index in [4.69, 9.17) is 0 Å². The monoisotopic (exact) mass is 152 g/mol. The first-order valence-electron chi connectivity index (χ1n) is 3.29. The van der Waals surface area contributed by atoms with Crippen molar-refractivity contribution in [3.05, 3.63) is 18.0 Å². The van der Waals surface area contributed by atoms with Crippen molar-refractivity contribution in [2.45, 2.75) is 19.4 Å². The third kappa shape index (κ3) is 2.35. The van der Waals surface area contributed by atoms with E-state index in [1.165, 1.54) is 12.3 Å². The lowest BCUT2D eigenvalue weighted by Crippen LogP contribution is -2.02. The van der Waals surface area contributed by atoms with E-state index in [9.17, 15) is 4.79 Å². The molecule has 0 aliphatic carbocycles. The standard InChI is InChI=1S/C7H8N2O2/c1-6(8-5-10)4-7-2-3-11-9-7/h2-3,6H,4H2,1H3. The van der Waals surface area contributed by atoms with E-state index in [-0.39, 0.29) is 6.04 Å². The number of carbonyl (C=O) groups excluding carboxylic acids is 1. The first-order valence-corrected chi connectivity index (χ1v) is 3.29. The van der Waals surface area contributed by atoms with Gasteiger partial charge in [0.15, 0.2) is 0 Å². The van der Waals surface area contributed by atoms with Crippen LogP contribution in [-0.2, 0) is 11.2 Å². The summed E-state index contributed by atoms with van der Waals surface area (Å²) in [7, 11) is 0. The normalized spacial score (nSPS) is 12.1. The largest absolute Gasteiger partial charge is 0.365 e. The van der Waals surface area contributed by atoms with Crippen LogP contribution in [0.1, 0.15) is 12.6 Å². The zero-order valence-electron chi connectivity index (χ0n) is 6.15. The van der Waals surface area contributed by atoms with Crippen molar-refractivity contribution >= 4 is 6.08 Å². The highest BCUT2D eigenvalue weighted by Gasteiger charge is 2.02. The topological polar surface area (TPSA) is 55.5 Å². The Morgan fingerprint density at radius 1 is 1.91 bits per heavy atom. The van der Waals surface area contributed by atoms with Crippen LogP contribution >= 0.6 is 0 Å². The summed E-state index contributed by atoms with van der Waals surface area (Å²) in [6.07, 6.45) is 3.61. The third-order valence-corrected chi connectivity index (χ3v) is 1.27. The zero-order valence-corrected chi connectivity index (χ0v) is 6.15. The maximum absolute atomic E-state index is 9.81. The van der Waals surface area contributed by atoms with Crippen molar-refractivity contribution in [2.24, 2.45) is 4.99 Å². The van der Waals surface area contributed by atoms with Gasteiger partial charge >= 0.3 is 0 Å². The van der Waals surface area contributed by atoms with E-state index in [1.54, 1.807) is 6.07 Å². The van der Waals surface area contributed by atoms with E-state index < -0.39 is 0 Å². The molecule has 0 aliphatic rings. The van der Waals surface area contributed by atoms with E-state index in [0.29, 0.717) is 6.42 Å². The smallest absolute Gasteiger partial charge is 0.235 e. The second kappa shape index (κ2) is 3.68. The maximum atomic E-state index is 9.81. The molecule has 0 bridgehead atoms. The van der Waals surface area contributed by atoms with Crippen LogP contribution in [0, 0.1) is 0 Å². The van der Waals surface area contributed by atoms with Crippen LogP contribution in [0.15, 0.2) is 21.8 Å². The molecule has 11 heavy (non-hydrogen) atoms. The fourth-order valence-electron chi connectivity index (χ4n) is 0.781. The van der Waals surface area contributed by atoms with E-state index in [1.807, 2.05) is 6.92 Å². The van der Waals surface area contributed by atoms with Gasteiger partial charge in [0.2, 0.25) is 6.08 Å². The Kier molecular flexibility index (Phi) is 2.58. The predicted molar refractivity (Wildman–Crippen MR) is 37.8 cm³/mol. The van der Waals surface area contributed by atoms with Crippen molar-refractivity contribution in [1.82, 2.24) is 5.16 Å². The quantitative estimate of drug-likeness (QED) is 0.478. The number of aromatic nitrogens is 1. The van der Waals surface area contributed by atoms with Crippen LogP contribution in [0.3, 0.4) is 0 Å². The number of isocyanates is 1. The summed E-state index contributed by atoms with van der Waals surface area (Å²) in [5, 5.41) is 3.67. The molecular weight excluding hydrogens is 144 g/mol. The number of hydrogen-bond donors (Lipinski definition) is 0. The average Bonchev–Trinajstić information content (AvgIpc) is 2.40. The Morgan fingerprint density at radius 3 is 3.27 bits per heavy atom. The van der Waals surface area contributed by atoms with Crippen LogP contribution < -0.4 is 0 Å². The molecule has 1 rings (SSSR count). The Balaban J connectivity index is 2.49. The Hall–Kier alpha value is -1.41. The number of rotatable bonds is 3. The lowest BCUT2D eigenvalue weighted by molar-refractivity contribution is 0.409. The van der Waals surface area contributed by atoms with Gasteiger partial charge in [0.05, 0.1) is 11.7 Å². The fourth-order valence-corrected chi connectivity index (χ4v) is 0.781. The van der Waals surface area contributed by atoms with Gasteiger partial charge in [0.1, 0.15) is 6.26 Å². The molecule has 1 aromatic rings. The third-order valence-electron chi connectivity index (χ3n) is 1.27. The minimum Gasteiger partial charge on any atom is -0.365 e. The molecule has 1 aromatic heterocycles. The van der Waals surface area contributed by atoms with Crippen molar-refractivity contribution in [2.75, 3.05) is 0 Å². The minimum absolute atomic E-state index is 0.0717. The molecular formula is C7H8N2O2. The fraction of sp³-hybridized carbons (Fsp3) is 0.429. The van der Waals surface area contributed by atoms with Gasteiger partial charge in [-0.1, -0.05) is 5.16 Å². The molecule has 0 radical (unpaired) electrons. The van der Waals surface area contributed by atoms with Gasteiger partial charge in [-0.05, 0) is 6.92 Å². The molecule has 0 spiro atoms. The molecule has 0 aliphatic heterocycles. The highest BCUT2D eigenvalue weighted by molar-refractivity contribution is 5.33. The van der Waals surface area contributed by atoms with Gasteiger partial charge in [0.25, 0.3) is 0 Å². The summed E-state index contributed by atoms with van der Waals surface area (Å²) in [5.41, 5.74) is 0.802. The second-order valence-electron chi connectivity index (χ2n) is 2.26. The second-order valence-corrected chi connectivity index (χ2v) is 2.26. The number of hydrogen-bond acceptors (Lipinski definition) is 4. The van der Waals surface area contributed by atoms with Gasteiger partial charge in [-0.3, -0.25) is 0 Å². The zero-order chi connectivity index (χ0) is 8.10. The molecule has 4 nitrogen and oxygen atoms in total. The van der Waals surface area contributed by atoms with Gasteiger partial charge in [-0.15, -0.1) is 0 Å². The summed E-state index contributed by atoms with van der Waals surface area (Å²) < 4.78 is 4.60. The molecule has 0 saturated heterocycles. The molecule has 0 saturated carbocycles. The SMILES string of the molecule is CC(Cc1ccon1)N=C=O. The first kappa shape index (κ1) is 7.69. The molecule has 0 fully saturated rings. The van der Waals surface area contributed by atoms with E-state index in [0.717, 1.165) is 5.69 Å². The summed E-state index contributed by atoms with van der Waals surface area (Å²) in [5.74, 6) is 0. The van der Waals surface area contributed by atoms with Gasteiger partial charge in [0, 0.05) is 12.5 Å². The molecule has 58 valence electrons.